The summed E-state index contributed by atoms with van der Waals surface area (Å²) in [6.45, 7) is 5.04. The average molecular weight is 523 g/mol. The van der Waals surface area contributed by atoms with Crippen LogP contribution in [0.1, 0.15) is 19.5 Å². The summed E-state index contributed by atoms with van der Waals surface area (Å²) in [6, 6.07) is 9.06. The highest BCUT2D eigenvalue weighted by Gasteiger charge is 2.41. The summed E-state index contributed by atoms with van der Waals surface area (Å²) < 4.78 is 51.4. The van der Waals surface area contributed by atoms with E-state index < -0.39 is 39.2 Å². The second kappa shape index (κ2) is 8.94. The third-order valence-electron chi connectivity index (χ3n) is 5.92. The van der Waals surface area contributed by atoms with Gasteiger partial charge in [0, 0.05) is 30.3 Å². The van der Waals surface area contributed by atoms with Crippen LogP contribution in [0.5, 0.6) is 0 Å². The highest BCUT2D eigenvalue weighted by atomic mass is 32.2. The van der Waals surface area contributed by atoms with Crippen LogP contribution in [0.15, 0.2) is 46.7 Å². The van der Waals surface area contributed by atoms with E-state index in [1.807, 2.05) is 0 Å². The Hall–Kier alpha value is -2.93. The Morgan fingerprint density at radius 1 is 1.11 bits per heavy atom. The van der Waals surface area contributed by atoms with Crippen LogP contribution in [0.4, 0.5) is 24.4 Å². The molecule has 0 saturated carbocycles. The summed E-state index contributed by atoms with van der Waals surface area (Å²) in [5, 5.41) is 16.1. The minimum atomic E-state index is -4.02. The normalized spacial score (nSPS) is 17.2. The summed E-state index contributed by atoms with van der Waals surface area (Å²) in [6.07, 6.45) is 0. The fourth-order valence-corrected chi connectivity index (χ4v) is 5.86. The van der Waals surface area contributed by atoms with E-state index in [9.17, 15) is 27.1 Å². The standard InChI is InChI=1S/C23H24F2N4O4S2/c1-13-20(35(26,32)33)34-21(27-13)29-12-15(23(2,3)31)11-28(22(29)30)17-7-4-14(5-8-17)18-10-16(24)6-9-19(18)25/h4-10,15,31H,11-12H2,1-3H3,(H2,26,32,33)/t15-/m1/s1. The average Bonchev–Trinajstić information content (AvgIpc) is 3.17. The number of carbonyl (C=O) groups excluding carboxylic acids is 1. The van der Waals surface area contributed by atoms with Crippen molar-refractivity contribution >= 4 is 38.2 Å². The van der Waals surface area contributed by atoms with Gasteiger partial charge < -0.3 is 5.11 Å². The molecular formula is C23H24F2N4O4S2. The van der Waals surface area contributed by atoms with Crippen LogP contribution in [0.25, 0.3) is 11.1 Å². The van der Waals surface area contributed by atoms with Crippen LogP contribution in [-0.2, 0) is 10.0 Å². The Balaban J connectivity index is 1.71. The van der Waals surface area contributed by atoms with Crippen LogP contribution in [-0.4, -0.2) is 43.2 Å². The molecule has 0 bridgehead atoms. The topological polar surface area (TPSA) is 117 Å². The van der Waals surface area contributed by atoms with Crippen LogP contribution in [0.2, 0.25) is 0 Å². The lowest BCUT2D eigenvalue weighted by atomic mass is 9.88. The van der Waals surface area contributed by atoms with E-state index in [2.05, 4.69) is 4.98 Å². The number of nitrogens with zero attached hydrogens (tertiary/aromatic N) is 3. The second-order valence-electron chi connectivity index (χ2n) is 8.94. The van der Waals surface area contributed by atoms with Gasteiger partial charge in [0.2, 0.25) is 10.0 Å². The first kappa shape index (κ1) is 25.2. The van der Waals surface area contributed by atoms with Gasteiger partial charge in [-0.2, -0.15) is 0 Å². The predicted molar refractivity (Wildman–Crippen MR) is 130 cm³/mol. The Labute approximate surface area is 205 Å². The smallest absolute Gasteiger partial charge is 0.330 e. The van der Waals surface area contributed by atoms with E-state index in [1.165, 1.54) is 16.7 Å². The number of urea groups is 1. The van der Waals surface area contributed by atoms with Gasteiger partial charge in [0.25, 0.3) is 0 Å². The van der Waals surface area contributed by atoms with Crippen molar-refractivity contribution in [1.82, 2.24) is 4.98 Å². The van der Waals surface area contributed by atoms with Gasteiger partial charge in [-0.25, -0.2) is 32.1 Å². The molecule has 1 fully saturated rings. The molecule has 1 aromatic heterocycles. The number of benzene rings is 2. The number of sulfonamides is 1. The number of hydrogen-bond acceptors (Lipinski definition) is 6. The molecule has 1 aliphatic rings. The molecule has 8 nitrogen and oxygen atoms in total. The van der Waals surface area contributed by atoms with E-state index >= 15 is 0 Å². The quantitative estimate of drug-likeness (QED) is 0.528. The number of aliphatic hydroxyl groups is 1. The Morgan fingerprint density at radius 2 is 1.74 bits per heavy atom. The summed E-state index contributed by atoms with van der Waals surface area (Å²) in [7, 11) is -4.02. The maximum absolute atomic E-state index is 14.2. The highest BCUT2D eigenvalue weighted by Crippen LogP contribution is 2.36. The molecule has 0 unspecified atom stereocenters. The van der Waals surface area contributed by atoms with Crippen molar-refractivity contribution in [1.29, 1.82) is 0 Å². The lowest BCUT2D eigenvalue weighted by Gasteiger charge is -2.43. The maximum Gasteiger partial charge on any atom is 0.330 e. The molecule has 0 spiro atoms. The molecule has 2 heterocycles. The molecule has 3 N–H and O–H groups in total. The highest BCUT2D eigenvalue weighted by molar-refractivity contribution is 7.91. The number of amides is 2. The zero-order valence-corrected chi connectivity index (χ0v) is 20.8. The summed E-state index contributed by atoms with van der Waals surface area (Å²) in [5.41, 5.74) is -0.00407. The lowest BCUT2D eigenvalue weighted by Crippen LogP contribution is -2.58. The number of aryl methyl sites for hydroxylation is 1. The predicted octanol–water partition coefficient (Wildman–Crippen LogP) is 3.88. The number of anilines is 2. The third kappa shape index (κ3) is 5.06. The molecule has 3 aromatic rings. The molecular weight excluding hydrogens is 498 g/mol. The van der Waals surface area contributed by atoms with E-state index in [0.29, 0.717) is 11.3 Å². The Bertz CT molecular complexity index is 1390. The zero-order valence-electron chi connectivity index (χ0n) is 19.2. The second-order valence-corrected chi connectivity index (χ2v) is 11.7. The number of hydrogen-bond donors (Lipinski definition) is 2. The van der Waals surface area contributed by atoms with Gasteiger partial charge in [-0.15, -0.1) is 0 Å². The van der Waals surface area contributed by atoms with Crippen LogP contribution in [0.3, 0.4) is 0 Å². The zero-order chi connectivity index (χ0) is 25.7. The number of carbonyl (C=O) groups is 1. The fourth-order valence-electron chi connectivity index (χ4n) is 3.91. The van der Waals surface area contributed by atoms with E-state index in [-0.39, 0.29) is 33.7 Å². The number of halogens is 2. The van der Waals surface area contributed by atoms with Gasteiger partial charge in [0.05, 0.1) is 11.3 Å². The van der Waals surface area contributed by atoms with Crippen molar-refractivity contribution in [2.24, 2.45) is 11.1 Å². The Kier molecular flexibility index (Phi) is 6.43. The first-order valence-corrected chi connectivity index (χ1v) is 13.0. The van der Waals surface area contributed by atoms with E-state index in [0.717, 1.165) is 29.5 Å². The van der Waals surface area contributed by atoms with E-state index in [4.69, 9.17) is 5.14 Å². The molecule has 2 aromatic carbocycles. The van der Waals surface area contributed by atoms with Gasteiger partial charge in [-0.05, 0) is 56.7 Å². The SMILES string of the molecule is Cc1nc(N2C[C@H](C(C)(C)O)CN(c3ccc(-c4cc(F)ccc4F)cc3)C2=O)sc1S(N)(=O)=O. The molecule has 1 saturated heterocycles. The lowest BCUT2D eigenvalue weighted by molar-refractivity contribution is 0.0217. The van der Waals surface area contributed by atoms with Gasteiger partial charge in [-0.3, -0.25) is 9.80 Å². The Morgan fingerprint density at radius 3 is 2.31 bits per heavy atom. The van der Waals surface area contributed by atoms with Crippen molar-refractivity contribution < 1.29 is 27.1 Å². The number of nitrogens with two attached hydrogens (primary N) is 1. The molecule has 12 heteroatoms. The summed E-state index contributed by atoms with van der Waals surface area (Å²) in [4.78, 5) is 20.5. The fraction of sp³-hybridized carbons (Fsp3) is 0.304. The summed E-state index contributed by atoms with van der Waals surface area (Å²) in [5.74, 6) is -1.56. The number of primary sulfonamides is 1. The van der Waals surface area contributed by atoms with Crippen molar-refractivity contribution in [2.75, 3.05) is 22.9 Å². The third-order valence-corrected chi connectivity index (χ3v) is 8.65. The molecule has 0 radical (unpaired) electrons. The van der Waals surface area contributed by atoms with E-state index in [1.54, 1.807) is 38.1 Å². The van der Waals surface area contributed by atoms with Gasteiger partial charge in [-0.1, -0.05) is 23.5 Å². The van der Waals surface area contributed by atoms with Crippen molar-refractivity contribution in [3.05, 3.63) is 59.8 Å². The van der Waals surface area contributed by atoms with Gasteiger partial charge >= 0.3 is 6.03 Å². The minimum absolute atomic E-state index is 0.0892. The van der Waals surface area contributed by atoms with Crippen LogP contribution in [0, 0.1) is 24.5 Å². The van der Waals surface area contributed by atoms with Gasteiger partial charge in [0.1, 0.15) is 11.6 Å². The molecule has 2 amide bonds. The van der Waals surface area contributed by atoms with Crippen molar-refractivity contribution in [3.8, 4) is 11.1 Å². The molecule has 186 valence electrons. The first-order valence-electron chi connectivity index (χ1n) is 10.6. The summed E-state index contributed by atoms with van der Waals surface area (Å²) >= 11 is 0.785. The first-order chi connectivity index (χ1) is 16.3. The maximum atomic E-state index is 14.2. The number of rotatable bonds is 5. The molecule has 4 rings (SSSR count). The number of thiazole rings is 1. The monoisotopic (exact) mass is 522 g/mol. The number of aromatic nitrogens is 1. The largest absolute Gasteiger partial charge is 0.390 e. The minimum Gasteiger partial charge on any atom is -0.390 e. The van der Waals surface area contributed by atoms with Gasteiger partial charge in [0.15, 0.2) is 9.34 Å². The van der Waals surface area contributed by atoms with Crippen molar-refractivity contribution in [3.63, 3.8) is 0 Å². The molecule has 1 aliphatic heterocycles. The van der Waals surface area contributed by atoms with Crippen LogP contribution < -0.4 is 14.9 Å². The molecule has 35 heavy (non-hydrogen) atoms. The van der Waals surface area contributed by atoms with Crippen LogP contribution >= 0.6 is 11.3 Å². The molecule has 0 aliphatic carbocycles. The molecule has 1 atom stereocenters. The van der Waals surface area contributed by atoms with Crippen molar-refractivity contribution in [2.45, 2.75) is 30.6 Å².